The molecule has 0 fully saturated rings. The van der Waals surface area contributed by atoms with E-state index in [4.69, 9.17) is 0 Å². The zero-order chi connectivity index (χ0) is 19.6. The predicted octanol–water partition coefficient (Wildman–Crippen LogP) is 4.69. The second kappa shape index (κ2) is 7.63. The Labute approximate surface area is 159 Å². The Morgan fingerprint density at radius 1 is 1.26 bits per heavy atom. The molecule has 0 aliphatic carbocycles. The van der Waals surface area contributed by atoms with Crippen LogP contribution in [-0.4, -0.2) is 27.8 Å². The van der Waals surface area contributed by atoms with Gasteiger partial charge in [0.25, 0.3) is 11.6 Å². The van der Waals surface area contributed by atoms with E-state index in [1.165, 1.54) is 40.5 Å². The first kappa shape index (κ1) is 18.7. The van der Waals surface area contributed by atoms with Gasteiger partial charge in [0, 0.05) is 30.1 Å². The van der Waals surface area contributed by atoms with E-state index in [0.717, 1.165) is 5.56 Å². The van der Waals surface area contributed by atoms with Crippen LogP contribution in [0.2, 0.25) is 0 Å². The standard InChI is InChI=1S/C19H16FN3O3S/c1-12(14-4-3-5-16(10-14)23(25)26)22(2)19(24)17-11-27-18(21-17)13-6-8-15(20)9-7-13/h3-12H,1-2H3/t12-/m0/s1. The van der Waals surface area contributed by atoms with Gasteiger partial charge in [-0.2, -0.15) is 0 Å². The number of hydrogen-bond donors (Lipinski definition) is 0. The van der Waals surface area contributed by atoms with Crippen LogP contribution in [0.25, 0.3) is 10.6 Å². The fraction of sp³-hybridized carbons (Fsp3) is 0.158. The van der Waals surface area contributed by atoms with Crippen molar-refractivity contribution in [3.63, 3.8) is 0 Å². The largest absolute Gasteiger partial charge is 0.334 e. The summed E-state index contributed by atoms with van der Waals surface area (Å²) in [5, 5.41) is 13.2. The maximum absolute atomic E-state index is 13.1. The molecule has 1 heterocycles. The third-order valence-electron chi connectivity index (χ3n) is 4.28. The molecule has 2 aromatic carbocycles. The summed E-state index contributed by atoms with van der Waals surface area (Å²) in [4.78, 5) is 29.1. The minimum atomic E-state index is -0.465. The summed E-state index contributed by atoms with van der Waals surface area (Å²) in [6, 6.07) is 11.7. The van der Waals surface area contributed by atoms with Gasteiger partial charge in [0.05, 0.1) is 11.0 Å². The number of carbonyl (C=O) groups excluding carboxylic acids is 1. The summed E-state index contributed by atoms with van der Waals surface area (Å²) in [7, 11) is 1.63. The first-order valence-electron chi connectivity index (χ1n) is 8.10. The Hall–Kier alpha value is -3.13. The quantitative estimate of drug-likeness (QED) is 0.472. The summed E-state index contributed by atoms with van der Waals surface area (Å²) >= 11 is 1.30. The van der Waals surface area contributed by atoms with Crippen LogP contribution in [-0.2, 0) is 0 Å². The molecule has 0 radical (unpaired) electrons. The molecule has 0 N–H and O–H groups in total. The van der Waals surface area contributed by atoms with Crippen molar-refractivity contribution in [2.75, 3.05) is 7.05 Å². The van der Waals surface area contributed by atoms with Gasteiger partial charge in [0.2, 0.25) is 0 Å². The van der Waals surface area contributed by atoms with Gasteiger partial charge in [0.15, 0.2) is 0 Å². The lowest BCUT2D eigenvalue weighted by Gasteiger charge is -2.24. The predicted molar refractivity (Wildman–Crippen MR) is 101 cm³/mol. The average molecular weight is 385 g/mol. The first-order chi connectivity index (χ1) is 12.9. The van der Waals surface area contributed by atoms with E-state index < -0.39 is 4.92 Å². The number of thiazole rings is 1. The lowest BCUT2D eigenvalue weighted by atomic mass is 10.1. The SMILES string of the molecule is C[C@@H](c1cccc([N+](=O)[O-])c1)N(C)C(=O)c1csc(-c2ccc(F)cc2)n1. The molecule has 0 saturated carbocycles. The summed E-state index contributed by atoms with van der Waals surface area (Å²) in [5.74, 6) is -0.629. The third kappa shape index (κ3) is 4.01. The fourth-order valence-corrected chi connectivity index (χ4v) is 3.38. The highest BCUT2D eigenvalue weighted by Gasteiger charge is 2.22. The highest BCUT2D eigenvalue weighted by Crippen LogP contribution is 2.27. The number of benzene rings is 2. The minimum absolute atomic E-state index is 0.0209. The normalized spacial score (nSPS) is 11.8. The number of carbonyl (C=O) groups is 1. The first-order valence-corrected chi connectivity index (χ1v) is 8.98. The summed E-state index contributed by atoms with van der Waals surface area (Å²) in [5.41, 5.74) is 1.65. The van der Waals surface area contributed by atoms with Crippen LogP contribution in [0.3, 0.4) is 0 Å². The van der Waals surface area contributed by atoms with Gasteiger partial charge in [-0.1, -0.05) is 12.1 Å². The van der Waals surface area contributed by atoms with E-state index in [0.29, 0.717) is 10.6 Å². The van der Waals surface area contributed by atoms with Crippen LogP contribution >= 0.6 is 11.3 Å². The Kier molecular flexibility index (Phi) is 5.27. The van der Waals surface area contributed by atoms with Gasteiger partial charge in [-0.3, -0.25) is 14.9 Å². The van der Waals surface area contributed by atoms with Gasteiger partial charge in [-0.05, 0) is 36.8 Å². The average Bonchev–Trinajstić information content (AvgIpc) is 3.17. The minimum Gasteiger partial charge on any atom is -0.334 e. The van der Waals surface area contributed by atoms with E-state index >= 15 is 0 Å². The van der Waals surface area contributed by atoms with Crippen molar-refractivity contribution in [2.45, 2.75) is 13.0 Å². The lowest BCUT2D eigenvalue weighted by molar-refractivity contribution is -0.384. The Morgan fingerprint density at radius 3 is 2.63 bits per heavy atom. The fourth-order valence-electron chi connectivity index (χ4n) is 2.58. The van der Waals surface area contributed by atoms with E-state index in [2.05, 4.69) is 4.98 Å². The molecule has 0 aliphatic heterocycles. The molecule has 0 aliphatic rings. The second-order valence-corrected chi connectivity index (χ2v) is 6.85. The van der Waals surface area contributed by atoms with Crippen molar-refractivity contribution in [3.8, 4) is 10.6 Å². The maximum Gasteiger partial charge on any atom is 0.273 e. The van der Waals surface area contributed by atoms with E-state index in [9.17, 15) is 19.3 Å². The monoisotopic (exact) mass is 385 g/mol. The van der Waals surface area contributed by atoms with Crippen molar-refractivity contribution >= 4 is 22.9 Å². The Bertz CT molecular complexity index is 988. The molecule has 1 amide bonds. The molecular formula is C19H16FN3O3S. The Morgan fingerprint density at radius 2 is 1.96 bits per heavy atom. The van der Waals surface area contributed by atoms with E-state index in [1.54, 1.807) is 43.6 Å². The molecule has 1 aromatic heterocycles. The van der Waals surface area contributed by atoms with Crippen LogP contribution in [0.4, 0.5) is 10.1 Å². The van der Waals surface area contributed by atoms with E-state index in [1.807, 2.05) is 0 Å². The number of rotatable bonds is 5. The molecule has 0 bridgehead atoms. The van der Waals surface area contributed by atoms with Gasteiger partial charge in [-0.15, -0.1) is 11.3 Å². The van der Waals surface area contributed by atoms with Crippen molar-refractivity contribution in [3.05, 3.63) is 81.1 Å². The number of aromatic nitrogens is 1. The molecule has 1 atom stereocenters. The van der Waals surface area contributed by atoms with Crippen LogP contribution in [0.1, 0.15) is 29.0 Å². The van der Waals surface area contributed by atoms with Gasteiger partial charge < -0.3 is 4.90 Å². The van der Waals surface area contributed by atoms with Crippen molar-refractivity contribution in [1.82, 2.24) is 9.88 Å². The number of non-ortho nitro benzene ring substituents is 1. The maximum atomic E-state index is 13.1. The van der Waals surface area contributed by atoms with Crippen molar-refractivity contribution in [1.29, 1.82) is 0 Å². The Balaban J connectivity index is 1.80. The molecule has 3 rings (SSSR count). The zero-order valence-electron chi connectivity index (χ0n) is 14.6. The number of halogens is 1. The molecular weight excluding hydrogens is 369 g/mol. The van der Waals surface area contributed by atoms with Crippen LogP contribution in [0.5, 0.6) is 0 Å². The van der Waals surface area contributed by atoms with Gasteiger partial charge in [-0.25, -0.2) is 9.37 Å². The molecule has 0 saturated heterocycles. The molecule has 6 nitrogen and oxygen atoms in total. The van der Waals surface area contributed by atoms with Crippen LogP contribution in [0, 0.1) is 15.9 Å². The van der Waals surface area contributed by atoms with Gasteiger partial charge >= 0.3 is 0 Å². The number of hydrogen-bond acceptors (Lipinski definition) is 5. The highest BCUT2D eigenvalue weighted by atomic mass is 32.1. The van der Waals surface area contributed by atoms with Crippen LogP contribution in [0.15, 0.2) is 53.9 Å². The molecule has 3 aromatic rings. The lowest BCUT2D eigenvalue weighted by Crippen LogP contribution is -2.29. The smallest absolute Gasteiger partial charge is 0.273 e. The van der Waals surface area contributed by atoms with Crippen molar-refractivity contribution < 1.29 is 14.1 Å². The molecule has 8 heteroatoms. The summed E-state index contributed by atoms with van der Waals surface area (Å²) in [6.07, 6.45) is 0. The van der Waals surface area contributed by atoms with Crippen molar-refractivity contribution in [2.24, 2.45) is 0 Å². The number of amides is 1. The molecule has 138 valence electrons. The summed E-state index contributed by atoms with van der Waals surface area (Å²) in [6.45, 7) is 1.80. The number of nitrogens with zero attached hydrogens (tertiary/aromatic N) is 3. The zero-order valence-corrected chi connectivity index (χ0v) is 15.4. The summed E-state index contributed by atoms with van der Waals surface area (Å²) < 4.78 is 13.1. The van der Waals surface area contributed by atoms with Gasteiger partial charge in [0.1, 0.15) is 16.5 Å². The van der Waals surface area contributed by atoms with E-state index in [-0.39, 0.29) is 29.1 Å². The second-order valence-electron chi connectivity index (χ2n) is 5.99. The topological polar surface area (TPSA) is 76.3 Å². The number of nitro groups is 1. The number of nitro benzene ring substituents is 1. The van der Waals surface area contributed by atoms with Crippen LogP contribution < -0.4 is 0 Å². The third-order valence-corrected chi connectivity index (χ3v) is 5.17. The molecule has 0 spiro atoms. The molecule has 0 unspecified atom stereocenters. The molecule has 27 heavy (non-hydrogen) atoms. The highest BCUT2D eigenvalue weighted by molar-refractivity contribution is 7.13.